The molecule has 1 aromatic carbocycles. The van der Waals surface area contributed by atoms with E-state index < -0.39 is 0 Å². The number of fused-ring (bicyclic) bond motifs is 1. The largest absolute Gasteiger partial charge is 0.372 e. The summed E-state index contributed by atoms with van der Waals surface area (Å²) in [7, 11) is 1.88. The molecule has 5 rings (SSSR count). The SMILES string of the molecule is Cn1ncc2c(N3CCN(CC(=O)Nc4ccc(N5CCCC5)cc4)CC3)ncnc21. The number of amides is 1. The quantitative estimate of drug-likeness (QED) is 0.673. The summed E-state index contributed by atoms with van der Waals surface area (Å²) >= 11 is 0. The zero-order valence-electron chi connectivity index (χ0n) is 17.9. The molecular weight excluding hydrogens is 392 g/mol. The van der Waals surface area contributed by atoms with E-state index in [1.165, 1.54) is 18.5 Å². The third-order valence-corrected chi connectivity index (χ3v) is 6.17. The predicted octanol–water partition coefficient (Wildman–Crippen LogP) is 1.72. The highest BCUT2D eigenvalue weighted by Gasteiger charge is 2.22. The molecule has 0 bridgehead atoms. The second-order valence-electron chi connectivity index (χ2n) is 8.26. The Labute approximate surface area is 181 Å². The number of aromatic nitrogens is 4. The van der Waals surface area contributed by atoms with Crippen molar-refractivity contribution in [2.24, 2.45) is 7.05 Å². The summed E-state index contributed by atoms with van der Waals surface area (Å²) in [6, 6.07) is 8.19. The van der Waals surface area contributed by atoms with Gasteiger partial charge in [0, 0.05) is 57.7 Å². The van der Waals surface area contributed by atoms with Crippen LogP contribution in [-0.4, -0.2) is 76.4 Å². The molecule has 2 aliphatic rings. The van der Waals surface area contributed by atoms with Gasteiger partial charge in [-0.05, 0) is 37.1 Å². The summed E-state index contributed by atoms with van der Waals surface area (Å²) in [6.07, 6.45) is 5.93. The Bertz CT molecular complexity index is 1050. The molecule has 0 radical (unpaired) electrons. The normalized spacial score (nSPS) is 17.5. The first-order valence-corrected chi connectivity index (χ1v) is 10.9. The first kappa shape index (κ1) is 19.7. The van der Waals surface area contributed by atoms with E-state index in [1.807, 2.05) is 25.4 Å². The second kappa shape index (κ2) is 8.50. The van der Waals surface area contributed by atoms with Crippen LogP contribution < -0.4 is 15.1 Å². The number of nitrogens with one attached hydrogen (secondary N) is 1. The summed E-state index contributed by atoms with van der Waals surface area (Å²) in [5.74, 6) is 0.944. The van der Waals surface area contributed by atoms with E-state index in [0.29, 0.717) is 6.54 Å². The van der Waals surface area contributed by atoms with E-state index in [9.17, 15) is 4.79 Å². The van der Waals surface area contributed by atoms with Crippen LogP contribution in [0.5, 0.6) is 0 Å². The molecule has 9 heteroatoms. The Morgan fingerprint density at radius 3 is 2.45 bits per heavy atom. The number of carbonyl (C=O) groups is 1. The second-order valence-corrected chi connectivity index (χ2v) is 8.26. The van der Waals surface area contributed by atoms with Crippen LogP contribution in [0.1, 0.15) is 12.8 Å². The molecule has 0 spiro atoms. The fourth-order valence-electron chi connectivity index (χ4n) is 4.45. The number of aryl methyl sites for hydroxylation is 1. The highest BCUT2D eigenvalue weighted by Crippen LogP contribution is 2.24. The van der Waals surface area contributed by atoms with Crippen molar-refractivity contribution in [2.75, 3.05) is 60.9 Å². The van der Waals surface area contributed by atoms with Gasteiger partial charge in [-0.3, -0.25) is 14.4 Å². The summed E-state index contributed by atoms with van der Waals surface area (Å²) in [5, 5.41) is 8.29. The van der Waals surface area contributed by atoms with E-state index in [1.54, 1.807) is 11.0 Å². The molecule has 0 aliphatic carbocycles. The molecule has 0 saturated carbocycles. The fraction of sp³-hybridized carbons (Fsp3) is 0.455. The van der Waals surface area contributed by atoms with Gasteiger partial charge in [0.1, 0.15) is 12.1 Å². The molecule has 9 nitrogen and oxygen atoms in total. The molecule has 0 unspecified atom stereocenters. The van der Waals surface area contributed by atoms with Crippen molar-refractivity contribution in [3.05, 3.63) is 36.8 Å². The maximum Gasteiger partial charge on any atom is 0.238 e. The van der Waals surface area contributed by atoms with Crippen molar-refractivity contribution in [2.45, 2.75) is 12.8 Å². The Morgan fingerprint density at radius 2 is 1.71 bits per heavy atom. The zero-order chi connectivity index (χ0) is 21.2. The molecule has 1 N–H and O–H groups in total. The first-order chi connectivity index (χ1) is 15.2. The molecule has 1 amide bonds. The van der Waals surface area contributed by atoms with Gasteiger partial charge < -0.3 is 15.1 Å². The maximum atomic E-state index is 12.5. The summed E-state index contributed by atoms with van der Waals surface area (Å²) in [4.78, 5) is 28.2. The number of hydrogen-bond acceptors (Lipinski definition) is 7. The summed E-state index contributed by atoms with van der Waals surface area (Å²) in [6.45, 7) is 5.91. The fourth-order valence-corrected chi connectivity index (χ4v) is 4.45. The Morgan fingerprint density at radius 1 is 0.968 bits per heavy atom. The van der Waals surface area contributed by atoms with Crippen LogP contribution in [0, 0.1) is 0 Å². The lowest BCUT2D eigenvalue weighted by Crippen LogP contribution is -2.49. The van der Waals surface area contributed by atoms with Crippen molar-refractivity contribution < 1.29 is 4.79 Å². The first-order valence-electron chi connectivity index (χ1n) is 10.9. The van der Waals surface area contributed by atoms with Crippen LogP contribution in [0.2, 0.25) is 0 Å². The van der Waals surface area contributed by atoms with Crippen molar-refractivity contribution in [1.82, 2.24) is 24.6 Å². The van der Waals surface area contributed by atoms with Gasteiger partial charge in [-0.25, -0.2) is 9.97 Å². The minimum absolute atomic E-state index is 0.0269. The molecule has 162 valence electrons. The topological polar surface area (TPSA) is 82.4 Å². The molecule has 2 saturated heterocycles. The van der Waals surface area contributed by atoms with Gasteiger partial charge in [0.15, 0.2) is 5.65 Å². The van der Waals surface area contributed by atoms with E-state index in [-0.39, 0.29) is 5.91 Å². The highest BCUT2D eigenvalue weighted by molar-refractivity contribution is 5.92. The van der Waals surface area contributed by atoms with E-state index >= 15 is 0 Å². The number of nitrogens with zero attached hydrogens (tertiary/aromatic N) is 7. The maximum absolute atomic E-state index is 12.5. The number of benzene rings is 1. The number of rotatable bonds is 5. The lowest BCUT2D eigenvalue weighted by atomic mass is 10.2. The van der Waals surface area contributed by atoms with Gasteiger partial charge in [0.05, 0.1) is 18.1 Å². The monoisotopic (exact) mass is 420 g/mol. The minimum atomic E-state index is 0.0269. The zero-order valence-corrected chi connectivity index (χ0v) is 17.9. The smallest absolute Gasteiger partial charge is 0.238 e. The number of carbonyl (C=O) groups excluding carboxylic acids is 1. The van der Waals surface area contributed by atoms with Gasteiger partial charge in [-0.1, -0.05) is 0 Å². The Kier molecular flexibility index (Phi) is 5.42. The van der Waals surface area contributed by atoms with Gasteiger partial charge in [-0.15, -0.1) is 0 Å². The highest BCUT2D eigenvalue weighted by atomic mass is 16.2. The molecule has 3 aromatic rings. The lowest BCUT2D eigenvalue weighted by Gasteiger charge is -2.35. The van der Waals surface area contributed by atoms with Gasteiger partial charge >= 0.3 is 0 Å². The van der Waals surface area contributed by atoms with Crippen molar-refractivity contribution in [3.63, 3.8) is 0 Å². The predicted molar refractivity (Wildman–Crippen MR) is 121 cm³/mol. The summed E-state index contributed by atoms with van der Waals surface area (Å²) in [5.41, 5.74) is 2.92. The molecular formula is C22H28N8O. The van der Waals surface area contributed by atoms with Crippen LogP contribution in [-0.2, 0) is 11.8 Å². The lowest BCUT2D eigenvalue weighted by molar-refractivity contribution is -0.117. The van der Waals surface area contributed by atoms with Crippen molar-refractivity contribution >= 4 is 34.1 Å². The molecule has 2 fully saturated rings. The van der Waals surface area contributed by atoms with Gasteiger partial charge in [0.2, 0.25) is 5.91 Å². The Hall–Kier alpha value is -3.20. The van der Waals surface area contributed by atoms with E-state index in [4.69, 9.17) is 0 Å². The van der Waals surface area contributed by atoms with Crippen LogP contribution in [0.15, 0.2) is 36.8 Å². The van der Waals surface area contributed by atoms with Crippen molar-refractivity contribution in [3.8, 4) is 0 Å². The van der Waals surface area contributed by atoms with Crippen molar-refractivity contribution in [1.29, 1.82) is 0 Å². The van der Waals surface area contributed by atoms with Crippen LogP contribution in [0.25, 0.3) is 11.0 Å². The third kappa shape index (κ3) is 4.18. The molecule has 4 heterocycles. The van der Waals surface area contributed by atoms with Crippen LogP contribution in [0.4, 0.5) is 17.2 Å². The number of piperazine rings is 1. The number of anilines is 3. The minimum Gasteiger partial charge on any atom is -0.372 e. The molecule has 2 aromatic heterocycles. The molecule has 2 aliphatic heterocycles. The van der Waals surface area contributed by atoms with E-state index in [2.05, 4.69) is 47.2 Å². The van der Waals surface area contributed by atoms with Gasteiger partial charge in [0.25, 0.3) is 0 Å². The summed E-state index contributed by atoms with van der Waals surface area (Å²) < 4.78 is 1.76. The van der Waals surface area contributed by atoms with Crippen LogP contribution in [0.3, 0.4) is 0 Å². The van der Waals surface area contributed by atoms with Gasteiger partial charge in [-0.2, -0.15) is 5.10 Å². The Balaban J connectivity index is 1.14. The average molecular weight is 421 g/mol. The van der Waals surface area contributed by atoms with Crippen LogP contribution >= 0.6 is 0 Å². The molecule has 0 atom stereocenters. The van der Waals surface area contributed by atoms with E-state index in [0.717, 1.165) is 61.8 Å². The standard InChI is InChI=1S/C22H28N8O/c1-27-21-19(14-25-27)22(24-16-23-21)30-12-10-28(11-13-30)15-20(31)26-17-4-6-18(7-5-17)29-8-2-3-9-29/h4-7,14,16H,2-3,8-13,15H2,1H3,(H,26,31). The molecule has 31 heavy (non-hydrogen) atoms. The third-order valence-electron chi connectivity index (χ3n) is 6.17. The average Bonchev–Trinajstić information content (AvgIpc) is 3.45. The number of hydrogen-bond donors (Lipinski definition) is 1.